The average Bonchev–Trinajstić information content (AvgIpc) is 2.86. The molecule has 0 amide bonds. The number of rotatable bonds is 5. The summed E-state index contributed by atoms with van der Waals surface area (Å²) in [4.78, 5) is 14.6. The minimum Gasteiger partial charge on any atom is -0.384 e. The van der Waals surface area contributed by atoms with Crippen LogP contribution in [0.15, 0.2) is 18.2 Å². The van der Waals surface area contributed by atoms with Crippen LogP contribution < -0.4 is 5.32 Å². The van der Waals surface area contributed by atoms with Crippen LogP contribution in [0.5, 0.6) is 0 Å². The lowest BCUT2D eigenvalue weighted by molar-refractivity contribution is 0.0851. The molecule has 1 heterocycles. The maximum Gasteiger partial charge on any atom is 0.179 e. The summed E-state index contributed by atoms with van der Waals surface area (Å²) in [5, 5.41) is 3.32. The van der Waals surface area contributed by atoms with Crippen LogP contribution in [0, 0.1) is 0 Å². The summed E-state index contributed by atoms with van der Waals surface area (Å²) in [7, 11) is 0. The third-order valence-electron chi connectivity index (χ3n) is 3.84. The van der Waals surface area contributed by atoms with Crippen LogP contribution in [0.4, 0.5) is 5.69 Å². The maximum atomic E-state index is 12.4. The number of fused-ring (bicyclic) bond motifs is 1. The lowest BCUT2D eigenvalue weighted by Crippen LogP contribution is -2.38. The Hall–Kier alpha value is -1.35. The van der Waals surface area contributed by atoms with Gasteiger partial charge in [-0.25, -0.2) is 0 Å². The monoisotopic (exact) mass is 246 g/mol. The fourth-order valence-corrected chi connectivity index (χ4v) is 2.64. The molecule has 1 aromatic carbocycles. The molecule has 98 valence electrons. The van der Waals surface area contributed by atoms with Crippen molar-refractivity contribution in [3.63, 3.8) is 0 Å². The Bertz CT molecular complexity index is 438. The molecule has 1 aromatic rings. The van der Waals surface area contributed by atoms with Crippen molar-refractivity contribution < 1.29 is 4.79 Å². The van der Waals surface area contributed by atoms with Crippen molar-refractivity contribution in [1.82, 2.24) is 4.90 Å². The quantitative estimate of drug-likeness (QED) is 0.810. The molecule has 0 radical (unpaired) electrons. The molecule has 0 aromatic heterocycles. The number of anilines is 1. The molecule has 1 aliphatic rings. The van der Waals surface area contributed by atoms with Gasteiger partial charge in [-0.3, -0.25) is 9.69 Å². The smallest absolute Gasteiger partial charge is 0.179 e. The maximum absolute atomic E-state index is 12.4. The largest absolute Gasteiger partial charge is 0.384 e. The fourth-order valence-electron chi connectivity index (χ4n) is 2.64. The Kier molecular flexibility index (Phi) is 4.02. The second-order valence-electron chi connectivity index (χ2n) is 4.81. The first-order chi connectivity index (χ1) is 8.67. The van der Waals surface area contributed by atoms with Gasteiger partial charge in [0.25, 0.3) is 0 Å². The summed E-state index contributed by atoms with van der Waals surface area (Å²) in [5.74, 6) is 0.230. The zero-order valence-electron chi connectivity index (χ0n) is 11.5. The number of benzene rings is 1. The zero-order chi connectivity index (χ0) is 13.1. The first kappa shape index (κ1) is 13.1. The number of hydrogen-bond donors (Lipinski definition) is 1. The Morgan fingerprint density at radius 1 is 1.39 bits per heavy atom. The van der Waals surface area contributed by atoms with Gasteiger partial charge in [-0.1, -0.05) is 13.8 Å². The number of nitrogens with one attached hydrogen (secondary N) is 1. The predicted octanol–water partition coefficient (Wildman–Crippen LogP) is 2.57. The van der Waals surface area contributed by atoms with Gasteiger partial charge in [-0.05, 0) is 50.2 Å². The van der Waals surface area contributed by atoms with Crippen molar-refractivity contribution >= 4 is 11.5 Å². The minimum absolute atomic E-state index is 0.0348. The van der Waals surface area contributed by atoms with Crippen molar-refractivity contribution in [1.29, 1.82) is 0 Å². The van der Waals surface area contributed by atoms with Gasteiger partial charge in [0, 0.05) is 17.8 Å². The van der Waals surface area contributed by atoms with Crippen molar-refractivity contribution in [2.24, 2.45) is 0 Å². The molecular formula is C15H22N2O. The van der Waals surface area contributed by atoms with Gasteiger partial charge in [-0.15, -0.1) is 0 Å². The Balaban J connectivity index is 2.18. The number of nitrogens with zero attached hydrogens (tertiary/aromatic N) is 1. The molecule has 18 heavy (non-hydrogen) atoms. The Morgan fingerprint density at radius 2 is 2.11 bits per heavy atom. The van der Waals surface area contributed by atoms with Crippen molar-refractivity contribution in [2.45, 2.75) is 33.2 Å². The fraction of sp³-hybridized carbons (Fsp3) is 0.533. The van der Waals surface area contributed by atoms with E-state index in [1.165, 1.54) is 11.3 Å². The molecule has 0 saturated heterocycles. The van der Waals surface area contributed by atoms with E-state index in [9.17, 15) is 4.79 Å². The van der Waals surface area contributed by atoms with E-state index in [1.807, 2.05) is 19.1 Å². The summed E-state index contributed by atoms with van der Waals surface area (Å²) < 4.78 is 0. The number of Topliss-reactive ketones (excluding diaryl/α,β-unsaturated/α-hetero) is 1. The molecule has 1 atom stereocenters. The summed E-state index contributed by atoms with van der Waals surface area (Å²) >= 11 is 0. The summed E-state index contributed by atoms with van der Waals surface area (Å²) in [6, 6.07) is 5.99. The van der Waals surface area contributed by atoms with Gasteiger partial charge in [0.05, 0.1) is 6.04 Å². The van der Waals surface area contributed by atoms with Crippen molar-refractivity contribution in [3.05, 3.63) is 29.3 Å². The van der Waals surface area contributed by atoms with Crippen molar-refractivity contribution in [2.75, 3.05) is 25.0 Å². The van der Waals surface area contributed by atoms with Crippen LogP contribution in [-0.2, 0) is 6.42 Å². The second-order valence-corrected chi connectivity index (χ2v) is 4.81. The molecule has 1 aliphatic heterocycles. The molecule has 0 aliphatic carbocycles. The molecule has 3 nitrogen and oxygen atoms in total. The van der Waals surface area contributed by atoms with Crippen LogP contribution in [0.1, 0.15) is 36.7 Å². The Labute approximate surface area is 109 Å². The molecule has 0 spiro atoms. The van der Waals surface area contributed by atoms with Gasteiger partial charge in [0.1, 0.15) is 0 Å². The molecule has 3 heteroatoms. The predicted molar refractivity (Wildman–Crippen MR) is 75.3 cm³/mol. The average molecular weight is 246 g/mol. The topological polar surface area (TPSA) is 32.3 Å². The summed E-state index contributed by atoms with van der Waals surface area (Å²) in [5.41, 5.74) is 3.30. The first-order valence-corrected chi connectivity index (χ1v) is 6.82. The van der Waals surface area contributed by atoms with E-state index in [-0.39, 0.29) is 11.8 Å². The minimum atomic E-state index is -0.0348. The number of likely N-dealkylation sites (N-methyl/N-ethyl adjacent to an activating group) is 1. The van der Waals surface area contributed by atoms with E-state index < -0.39 is 0 Å². The third kappa shape index (κ3) is 2.41. The highest BCUT2D eigenvalue weighted by Gasteiger charge is 2.21. The SMILES string of the molecule is CCN(CC)[C@@H](C)C(=O)c1ccc2c(c1)CCN2. The standard InChI is InChI=1S/C15H22N2O/c1-4-17(5-2)11(3)15(18)13-6-7-14-12(10-13)8-9-16-14/h6-7,10-11,16H,4-5,8-9H2,1-3H3/t11-/m0/s1. The lowest BCUT2D eigenvalue weighted by atomic mass is 10.0. The lowest BCUT2D eigenvalue weighted by Gasteiger charge is -2.25. The van der Waals surface area contributed by atoms with Crippen LogP contribution in [0.2, 0.25) is 0 Å². The van der Waals surface area contributed by atoms with Gasteiger partial charge in [0.15, 0.2) is 5.78 Å². The van der Waals surface area contributed by atoms with Gasteiger partial charge in [-0.2, -0.15) is 0 Å². The molecule has 0 bridgehead atoms. The van der Waals surface area contributed by atoms with Crippen LogP contribution in [0.25, 0.3) is 0 Å². The van der Waals surface area contributed by atoms with E-state index >= 15 is 0 Å². The number of ketones is 1. The molecule has 0 fully saturated rings. The molecule has 2 rings (SSSR count). The number of carbonyl (C=O) groups is 1. The van der Waals surface area contributed by atoms with E-state index in [4.69, 9.17) is 0 Å². The number of hydrogen-bond acceptors (Lipinski definition) is 3. The van der Waals surface area contributed by atoms with E-state index in [2.05, 4.69) is 30.1 Å². The van der Waals surface area contributed by atoms with Crippen LogP contribution >= 0.6 is 0 Å². The molecular weight excluding hydrogens is 224 g/mol. The van der Waals surface area contributed by atoms with Crippen molar-refractivity contribution in [3.8, 4) is 0 Å². The Morgan fingerprint density at radius 3 is 2.78 bits per heavy atom. The molecule has 0 unspecified atom stereocenters. The normalized spacial score (nSPS) is 15.3. The highest BCUT2D eigenvalue weighted by molar-refractivity contribution is 6.00. The van der Waals surface area contributed by atoms with Gasteiger partial charge < -0.3 is 5.32 Å². The highest BCUT2D eigenvalue weighted by atomic mass is 16.1. The second kappa shape index (κ2) is 5.53. The van der Waals surface area contributed by atoms with Crippen LogP contribution in [0.3, 0.4) is 0 Å². The number of carbonyl (C=O) groups excluding carboxylic acids is 1. The molecule has 1 N–H and O–H groups in total. The van der Waals surface area contributed by atoms with Gasteiger partial charge in [0.2, 0.25) is 0 Å². The highest BCUT2D eigenvalue weighted by Crippen LogP contribution is 2.24. The molecule has 0 saturated carbocycles. The zero-order valence-corrected chi connectivity index (χ0v) is 11.5. The first-order valence-electron chi connectivity index (χ1n) is 6.82. The summed E-state index contributed by atoms with van der Waals surface area (Å²) in [6.07, 6.45) is 1.02. The van der Waals surface area contributed by atoms with E-state index in [1.54, 1.807) is 0 Å². The third-order valence-corrected chi connectivity index (χ3v) is 3.84. The summed E-state index contributed by atoms with van der Waals surface area (Å²) in [6.45, 7) is 9.00. The van der Waals surface area contributed by atoms with E-state index in [0.29, 0.717) is 0 Å². The van der Waals surface area contributed by atoms with Crippen LogP contribution in [-0.4, -0.2) is 36.4 Å². The van der Waals surface area contributed by atoms with E-state index in [0.717, 1.165) is 31.6 Å². The van der Waals surface area contributed by atoms with Gasteiger partial charge >= 0.3 is 0 Å².